The number of halogens is 1. The molecule has 3 heteroatoms. The molecule has 0 spiro atoms. The van der Waals surface area contributed by atoms with Crippen molar-refractivity contribution in [2.24, 2.45) is 0 Å². The van der Waals surface area contributed by atoms with Crippen molar-refractivity contribution in [2.75, 3.05) is 0 Å². The van der Waals surface area contributed by atoms with Crippen molar-refractivity contribution in [2.45, 2.75) is 0 Å². The second kappa shape index (κ2) is 7.05. The number of hydrogen-bond acceptors (Lipinski definition) is 1. The minimum atomic E-state index is -2.49. The maximum atomic E-state index is 6.17. The molecule has 7 rings (SSSR count). The molecule has 1 aliphatic rings. The number of fused-ring (bicyclic) bond motifs is 6. The van der Waals surface area contributed by atoms with Crippen molar-refractivity contribution in [3.05, 3.63) is 120 Å². The summed E-state index contributed by atoms with van der Waals surface area (Å²) >= 11 is 3.65. The van der Waals surface area contributed by atoms with E-state index in [1.807, 2.05) is 6.07 Å². The first-order valence-corrected chi connectivity index (χ1v) is 13.9. The van der Waals surface area contributed by atoms with E-state index >= 15 is 0 Å². The molecule has 0 fully saturated rings. The molecule has 1 aliphatic heterocycles. The Morgan fingerprint density at radius 1 is 0.515 bits per heavy atom. The molecule has 0 bridgehead atoms. The molecule has 33 heavy (non-hydrogen) atoms. The van der Waals surface area contributed by atoms with E-state index in [1.165, 1.54) is 42.6 Å². The molecule has 0 atom stereocenters. The van der Waals surface area contributed by atoms with Gasteiger partial charge in [0.15, 0.2) is 8.07 Å². The molecule has 1 nitrogen and oxygen atoms in total. The van der Waals surface area contributed by atoms with Gasteiger partial charge in [0.2, 0.25) is 0 Å². The zero-order valence-electron chi connectivity index (χ0n) is 17.8. The minimum Gasteiger partial charge on any atom is -0.456 e. The SMILES string of the molecule is Brc1ccc([Si]2(c3ccc4oc5ccccc5c4c3)c3ccccc3-c3ccccc32)cc1. The van der Waals surface area contributed by atoms with Crippen LogP contribution in [-0.4, -0.2) is 8.07 Å². The molecule has 0 N–H and O–H groups in total. The normalized spacial score (nSPS) is 13.8. The molecular formula is C30H19BrOSi. The Kier molecular flexibility index (Phi) is 4.08. The number of furan rings is 1. The smallest absolute Gasteiger partial charge is 0.180 e. The van der Waals surface area contributed by atoms with Gasteiger partial charge in [-0.1, -0.05) is 107 Å². The molecule has 6 aromatic rings. The fraction of sp³-hybridized carbons (Fsp3) is 0. The number of rotatable bonds is 2. The summed E-state index contributed by atoms with van der Waals surface area (Å²) in [7, 11) is -2.49. The largest absolute Gasteiger partial charge is 0.456 e. The Morgan fingerprint density at radius 3 is 1.82 bits per heavy atom. The van der Waals surface area contributed by atoms with Crippen LogP contribution in [0, 0.1) is 0 Å². The van der Waals surface area contributed by atoms with Crippen LogP contribution in [0.25, 0.3) is 33.1 Å². The maximum Gasteiger partial charge on any atom is 0.180 e. The van der Waals surface area contributed by atoms with Crippen LogP contribution >= 0.6 is 15.9 Å². The molecule has 156 valence electrons. The molecule has 0 unspecified atom stereocenters. The van der Waals surface area contributed by atoms with Gasteiger partial charge in [-0.2, -0.15) is 0 Å². The van der Waals surface area contributed by atoms with Gasteiger partial charge in [-0.15, -0.1) is 0 Å². The predicted octanol–water partition coefficient (Wildman–Crippen LogP) is 5.71. The molecule has 0 aliphatic carbocycles. The number of para-hydroxylation sites is 1. The Labute approximate surface area is 201 Å². The summed E-state index contributed by atoms with van der Waals surface area (Å²) < 4.78 is 7.28. The van der Waals surface area contributed by atoms with Gasteiger partial charge in [0, 0.05) is 15.2 Å². The van der Waals surface area contributed by atoms with E-state index in [1.54, 1.807) is 0 Å². The summed E-state index contributed by atoms with van der Waals surface area (Å²) in [5.74, 6) is 0. The summed E-state index contributed by atoms with van der Waals surface area (Å²) in [5.41, 5.74) is 4.61. The van der Waals surface area contributed by atoms with Gasteiger partial charge in [-0.3, -0.25) is 0 Å². The molecule has 2 heterocycles. The van der Waals surface area contributed by atoms with Crippen LogP contribution < -0.4 is 20.7 Å². The summed E-state index contributed by atoms with van der Waals surface area (Å²) in [4.78, 5) is 0. The monoisotopic (exact) mass is 502 g/mol. The predicted molar refractivity (Wildman–Crippen MR) is 144 cm³/mol. The van der Waals surface area contributed by atoms with Crippen molar-refractivity contribution in [3.8, 4) is 11.1 Å². The van der Waals surface area contributed by atoms with Gasteiger partial charge in [-0.25, -0.2) is 0 Å². The lowest BCUT2D eigenvalue weighted by Gasteiger charge is -2.31. The van der Waals surface area contributed by atoms with Gasteiger partial charge in [-0.05, 0) is 56.1 Å². The summed E-state index contributed by atoms with van der Waals surface area (Å²) in [6.07, 6.45) is 0. The molecule has 1 aromatic heterocycles. The molecule has 0 radical (unpaired) electrons. The van der Waals surface area contributed by atoms with Crippen molar-refractivity contribution < 1.29 is 4.42 Å². The molecule has 5 aromatic carbocycles. The highest BCUT2D eigenvalue weighted by Gasteiger charge is 2.48. The van der Waals surface area contributed by atoms with Crippen LogP contribution in [0.15, 0.2) is 124 Å². The first-order chi connectivity index (χ1) is 16.3. The van der Waals surface area contributed by atoms with Crippen LogP contribution in [0.5, 0.6) is 0 Å². The van der Waals surface area contributed by atoms with Crippen LogP contribution in [0.1, 0.15) is 0 Å². The third kappa shape index (κ3) is 2.58. The highest BCUT2D eigenvalue weighted by atomic mass is 79.9. The lowest BCUT2D eigenvalue weighted by atomic mass is 10.1. The summed E-state index contributed by atoms with van der Waals surface area (Å²) in [5, 5.41) is 8.07. The lowest BCUT2D eigenvalue weighted by molar-refractivity contribution is 0.669. The fourth-order valence-corrected chi connectivity index (χ4v) is 11.1. The van der Waals surface area contributed by atoms with E-state index in [4.69, 9.17) is 4.42 Å². The molecule has 0 saturated heterocycles. The summed E-state index contributed by atoms with van der Waals surface area (Å²) in [6, 6.07) is 42.2. The van der Waals surface area contributed by atoms with Crippen molar-refractivity contribution in [1.29, 1.82) is 0 Å². The van der Waals surface area contributed by atoms with Crippen LogP contribution in [0.3, 0.4) is 0 Å². The van der Waals surface area contributed by atoms with E-state index < -0.39 is 8.07 Å². The topological polar surface area (TPSA) is 13.1 Å². The third-order valence-electron chi connectivity index (χ3n) is 7.04. The summed E-state index contributed by atoms with van der Waals surface area (Å²) in [6.45, 7) is 0. The van der Waals surface area contributed by atoms with Crippen molar-refractivity contribution in [1.82, 2.24) is 0 Å². The Balaban J connectivity index is 1.64. The Morgan fingerprint density at radius 2 is 1.09 bits per heavy atom. The third-order valence-corrected chi connectivity index (χ3v) is 12.4. The van der Waals surface area contributed by atoms with E-state index in [2.05, 4.69) is 125 Å². The quantitative estimate of drug-likeness (QED) is 0.276. The Hall–Kier alpha value is -3.40. The highest BCUT2D eigenvalue weighted by molar-refractivity contribution is 9.10. The molecular weight excluding hydrogens is 484 g/mol. The van der Waals surface area contributed by atoms with Crippen LogP contribution in [0.2, 0.25) is 0 Å². The molecule has 0 amide bonds. The average molecular weight is 503 g/mol. The van der Waals surface area contributed by atoms with E-state index in [0.29, 0.717) is 0 Å². The Bertz CT molecular complexity index is 1630. The highest BCUT2D eigenvalue weighted by Crippen LogP contribution is 2.31. The van der Waals surface area contributed by atoms with Gasteiger partial charge in [0.25, 0.3) is 0 Å². The van der Waals surface area contributed by atoms with Crippen LogP contribution in [-0.2, 0) is 0 Å². The standard InChI is InChI=1S/C30H19BrOSi/c31-20-13-15-21(16-14-20)33(29-11-5-2-8-24(29)25-9-3-6-12-30(25)33)22-17-18-28-26(19-22)23-7-1-4-10-27(23)32-28/h1-19H. The van der Waals surface area contributed by atoms with E-state index in [0.717, 1.165) is 15.6 Å². The number of hydrogen-bond donors (Lipinski definition) is 0. The lowest BCUT2D eigenvalue weighted by Crippen LogP contribution is -2.72. The fourth-order valence-electron chi connectivity index (χ4n) is 5.68. The van der Waals surface area contributed by atoms with Gasteiger partial charge < -0.3 is 4.42 Å². The van der Waals surface area contributed by atoms with E-state index in [-0.39, 0.29) is 0 Å². The van der Waals surface area contributed by atoms with Crippen molar-refractivity contribution in [3.63, 3.8) is 0 Å². The van der Waals surface area contributed by atoms with Crippen molar-refractivity contribution >= 4 is 66.7 Å². The first-order valence-electron chi connectivity index (χ1n) is 11.1. The zero-order valence-corrected chi connectivity index (χ0v) is 20.3. The maximum absolute atomic E-state index is 6.17. The first kappa shape index (κ1) is 19.1. The zero-order chi connectivity index (χ0) is 22.0. The minimum absolute atomic E-state index is 0.941. The van der Waals surface area contributed by atoms with Crippen LogP contribution in [0.4, 0.5) is 0 Å². The van der Waals surface area contributed by atoms with Gasteiger partial charge in [0.05, 0.1) is 0 Å². The van der Waals surface area contributed by atoms with E-state index in [9.17, 15) is 0 Å². The average Bonchev–Trinajstić information content (AvgIpc) is 3.38. The molecule has 0 saturated carbocycles. The second-order valence-electron chi connectivity index (χ2n) is 8.66. The second-order valence-corrected chi connectivity index (χ2v) is 13.3. The number of benzene rings is 5. The van der Waals surface area contributed by atoms with Gasteiger partial charge in [0.1, 0.15) is 11.2 Å². The van der Waals surface area contributed by atoms with Gasteiger partial charge >= 0.3 is 0 Å².